The predicted octanol–water partition coefficient (Wildman–Crippen LogP) is 1.35. The highest BCUT2D eigenvalue weighted by Gasteiger charge is 2.19. The van der Waals surface area contributed by atoms with Crippen molar-refractivity contribution in [1.29, 1.82) is 0 Å². The van der Waals surface area contributed by atoms with Crippen molar-refractivity contribution in [2.75, 3.05) is 0 Å². The number of nitrogens with one attached hydrogen (secondary N) is 1. The minimum atomic E-state index is -0.929. The molecule has 0 aliphatic heterocycles. The van der Waals surface area contributed by atoms with Crippen molar-refractivity contribution in [2.24, 2.45) is 5.73 Å². The highest BCUT2D eigenvalue weighted by atomic mass is 19.1. The number of terminal acetylenes is 1. The summed E-state index contributed by atoms with van der Waals surface area (Å²) in [5.41, 5.74) is 4.93. The van der Waals surface area contributed by atoms with Gasteiger partial charge in [-0.25, -0.2) is 8.78 Å². The van der Waals surface area contributed by atoms with Crippen LogP contribution in [0.2, 0.25) is 0 Å². The zero-order valence-electron chi connectivity index (χ0n) is 10.7. The van der Waals surface area contributed by atoms with E-state index in [-0.39, 0.29) is 12.0 Å². The molecular formula is C14H14F2N2O2. The summed E-state index contributed by atoms with van der Waals surface area (Å²) in [6.45, 7) is 0. The Balaban J connectivity index is 2.75. The van der Waals surface area contributed by atoms with E-state index in [0.717, 1.165) is 12.1 Å². The van der Waals surface area contributed by atoms with Gasteiger partial charge in [0.1, 0.15) is 17.7 Å². The summed E-state index contributed by atoms with van der Waals surface area (Å²) in [6, 6.07) is 1.47. The van der Waals surface area contributed by atoms with Crippen molar-refractivity contribution < 1.29 is 18.4 Å². The normalized spacial score (nSPS) is 11.4. The summed E-state index contributed by atoms with van der Waals surface area (Å²) in [7, 11) is 0. The van der Waals surface area contributed by atoms with E-state index in [9.17, 15) is 18.4 Å². The van der Waals surface area contributed by atoms with Gasteiger partial charge in [0, 0.05) is 18.1 Å². The molecule has 1 atom stereocenters. The van der Waals surface area contributed by atoms with Crippen molar-refractivity contribution in [2.45, 2.75) is 25.3 Å². The van der Waals surface area contributed by atoms with Gasteiger partial charge in [-0.1, -0.05) is 0 Å². The number of benzene rings is 1. The molecule has 0 heterocycles. The van der Waals surface area contributed by atoms with E-state index in [1.54, 1.807) is 0 Å². The lowest BCUT2D eigenvalue weighted by atomic mass is 10.1. The van der Waals surface area contributed by atoms with Gasteiger partial charge in [0.25, 0.3) is 5.91 Å². The Hall–Kier alpha value is -2.42. The van der Waals surface area contributed by atoms with Crippen LogP contribution >= 0.6 is 0 Å². The molecule has 0 saturated carbocycles. The summed E-state index contributed by atoms with van der Waals surface area (Å²) in [5.74, 6) is -0.855. The Morgan fingerprint density at radius 2 is 1.90 bits per heavy atom. The SMILES string of the molecule is C#CCCC[C@H](NC(=O)c1cc(F)cc(F)c1)C(N)=O. The molecule has 0 unspecified atom stereocenters. The lowest BCUT2D eigenvalue weighted by Gasteiger charge is -2.15. The molecular weight excluding hydrogens is 266 g/mol. The molecule has 2 amide bonds. The van der Waals surface area contributed by atoms with Crippen LogP contribution in [0.4, 0.5) is 8.78 Å². The summed E-state index contributed by atoms with van der Waals surface area (Å²) in [4.78, 5) is 23.0. The molecule has 0 radical (unpaired) electrons. The van der Waals surface area contributed by atoms with E-state index in [4.69, 9.17) is 12.2 Å². The van der Waals surface area contributed by atoms with Crippen LogP contribution in [0.1, 0.15) is 29.6 Å². The van der Waals surface area contributed by atoms with E-state index in [0.29, 0.717) is 18.9 Å². The molecule has 0 aromatic heterocycles. The van der Waals surface area contributed by atoms with Crippen LogP contribution < -0.4 is 11.1 Å². The van der Waals surface area contributed by atoms with Gasteiger partial charge in [-0.2, -0.15) is 0 Å². The standard InChI is InChI=1S/C14H14F2N2O2/c1-2-3-4-5-12(13(17)19)18-14(20)9-6-10(15)8-11(16)7-9/h1,6-8,12H,3-5H2,(H2,17,19)(H,18,20)/t12-/m0/s1. The van der Waals surface area contributed by atoms with Crippen LogP contribution in [-0.4, -0.2) is 17.9 Å². The monoisotopic (exact) mass is 280 g/mol. The molecule has 0 spiro atoms. The molecule has 0 saturated heterocycles. The first kappa shape index (κ1) is 15.6. The molecule has 0 aliphatic carbocycles. The van der Waals surface area contributed by atoms with E-state index in [1.165, 1.54) is 0 Å². The lowest BCUT2D eigenvalue weighted by molar-refractivity contribution is -0.120. The smallest absolute Gasteiger partial charge is 0.252 e. The average molecular weight is 280 g/mol. The van der Waals surface area contributed by atoms with Crippen molar-refractivity contribution in [3.8, 4) is 12.3 Å². The molecule has 3 N–H and O–H groups in total. The fourth-order valence-corrected chi connectivity index (χ4v) is 1.62. The molecule has 1 aromatic rings. The topological polar surface area (TPSA) is 72.2 Å². The first-order valence-electron chi connectivity index (χ1n) is 5.93. The van der Waals surface area contributed by atoms with Crippen molar-refractivity contribution in [3.05, 3.63) is 35.4 Å². The van der Waals surface area contributed by atoms with Crippen LogP contribution in [0, 0.1) is 24.0 Å². The van der Waals surface area contributed by atoms with Crippen LogP contribution in [0.25, 0.3) is 0 Å². The molecule has 0 bridgehead atoms. The second-order valence-electron chi connectivity index (χ2n) is 4.18. The molecule has 1 aromatic carbocycles. The molecule has 6 heteroatoms. The molecule has 0 fully saturated rings. The maximum absolute atomic E-state index is 13.0. The van der Waals surface area contributed by atoms with Gasteiger partial charge in [-0.15, -0.1) is 12.3 Å². The maximum Gasteiger partial charge on any atom is 0.252 e. The van der Waals surface area contributed by atoms with E-state index >= 15 is 0 Å². The molecule has 106 valence electrons. The lowest BCUT2D eigenvalue weighted by Crippen LogP contribution is -2.44. The van der Waals surface area contributed by atoms with Crippen molar-refractivity contribution in [1.82, 2.24) is 5.32 Å². The largest absolute Gasteiger partial charge is 0.368 e. The fraction of sp³-hybridized carbons (Fsp3) is 0.286. The summed E-state index contributed by atoms with van der Waals surface area (Å²) < 4.78 is 26.0. The van der Waals surface area contributed by atoms with Gasteiger partial charge < -0.3 is 11.1 Å². The average Bonchev–Trinajstić information content (AvgIpc) is 2.36. The Bertz CT molecular complexity index is 532. The summed E-state index contributed by atoms with van der Waals surface area (Å²) in [6.07, 6.45) is 6.29. The highest BCUT2D eigenvalue weighted by molar-refractivity contribution is 5.97. The first-order valence-corrected chi connectivity index (χ1v) is 5.93. The van der Waals surface area contributed by atoms with E-state index in [2.05, 4.69) is 11.2 Å². The first-order chi connectivity index (χ1) is 9.43. The van der Waals surface area contributed by atoms with Gasteiger partial charge >= 0.3 is 0 Å². The number of hydrogen-bond donors (Lipinski definition) is 2. The fourth-order valence-electron chi connectivity index (χ4n) is 1.62. The minimum absolute atomic E-state index is 0.217. The third-order valence-corrected chi connectivity index (χ3v) is 2.59. The van der Waals surface area contributed by atoms with Gasteiger partial charge in [0.2, 0.25) is 5.91 Å². The molecule has 0 aliphatic rings. The van der Waals surface area contributed by atoms with Crippen molar-refractivity contribution >= 4 is 11.8 Å². The predicted molar refractivity (Wildman–Crippen MR) is 69.5 cm³/mol. The third-order valence-electron chi connectivity index (χ3n) is 2.59. The summed E-state index contributed by atoms with van der Waals surface area (Å²) in [5, 5.41) is 2.33. The van der Waals surface area contributed by atoms with Gasteiger partial charge in [0.05, 0.1) is 0 Å². The number of carbonyl (C=O) groups excluding carboxylic acids is 2. The Morgan fingerprint density at radius 1 is 1.30 bits per heavy atom. The maximum atomic E-state index is 13.0. The molecule has 1 rings (SSSR count). The van der Waals surface area contributed by atoms with Crippen LogP contribution in [0.15, 0.2) is 18.2 Å². The number of primary amides is 1. The number of hydrogen-bond acceptors (Lipinski definition) is 2. The zero-order chi connectivity index (χ0) is 15.1. The van der Waals surface area contributed by atoms with E-state index < -0.39 is 29.5 Å². The quantitative estimate of drug-likeness (QED) is 0.610. The summed E-state index contributed by atoms with van der Waals surface area (Å²) >= 11 is 0. The number of halogens is 2. The number of nitrogens with two attached hydrogens (primary N) is 1. The highest BCUT2D eigenvalue weighted by Crippen LogP contribution is 2.09. The Morgan fingerprint density at radius 3 is 2.40 bits per heavy atom. The van der Waals surface area contributed by atoms with Crippen LogP contribution in [0.3, 0.4) is 0 Å². The van der Waals surface area contributed by atoms with Gasteiger partial charge in [-0.3, -0.25) is 9.59 Å². The Labute approximate surface area is 115 Å². The number of amides is 2. The third kappa shape index (κ3) is 4.69. The zero-order valence-corrected chi connectivity index (χ0v) is 10.7. The van der Waals surface area contributed by atoms with E-state index in [1.807, 2.05) is 0 Å². The Kier molecular flexibility index (Phi) is 5.66. The van der Waals surface area contributed by atoms with Gasteiger partial charge in [0.15, 0.2) is 0 Å². The van der Waals surface area contributed by atoms with Crippen molar-refractivity contribution in [3.63, 3.8) is 0 Å². The number of rotatable bonds is 6. The molecule has 4 nitrogen and oxygen atoms in total. The second-order valence-corrected chi connectivity index (χ2v) is 4.18. The van der Waals surface area contributed by atoms with Crippen LogP contribution in [-0.2, 0) is 4.79 Å². The van der Waals surface area contributed by atoms with Crippen LogP contribution in [0.5, 0.6) is 0 Å². The second kappa shape index (κ2) is 7.24. The van der Waals surface area contributed by atoms with Gasteiger partial charge in [-0.05, 0) is 25.0 Å². The number of unbranched alkanes of at least 4 members (excludes halogenated alkanes) is 1. The molecule has 20 heavy (non-hydrogen) atoms. The minimum Gasteiger partial charge on any atom is -0.368 e. The number of carbonyl (C=O) groups is 2.